The molecule has 0 aliphatic carbocycles. The Bertz CT molecular complexity index is 818. The molecule has 1 aliphatic heterocycles. The van der Waals surface area contributed by atoms with E-state index >= 15 is 0 Å². The lowest BCUT2D eigenvalue weighted by Crippen LogP contribution is -2.42. The monoisotopic (exact) mass is 352 g/mol. The highest BCUT2D eigenvalue weighted by Crippen LogP contribution is 2.36. The normalized spacial score (nSPS) is 17.0. The number of para-hydroxylation sites is 1. The average molecular weight is 352 g/mol. The summed E-state index contributed by atoms with van der Waals surface area (Å²) in [5.41, 5.74) is 2.22. The van der Waals surface area contributed by atoms with E-state index in [0.717, 1.165) is 17.5 Å². The number of ether oxygens (including phenoxy) is 1. The van der Waals surface area contributed by atoms with Gasteiger partial charge < -0.3 is 15.0 Å². The predicted molar refractivity (Wildman–Crippen MR) is 99.9 cm³/mol. The minimum Gasteiger partial charge on any atom is -0.496 e. The van der Waals surface area contributed by atoms with E-state index in [0.29, 0.717) is 17.9 Å². The van der Waals surface area contributed by atoms with Gasteiger partial charge in [-0.3, -0.25) is 9.59 Å². The van der Waals surface area contributed by atoms with E-state index < -0.39 is 6.04 Å². The smallest absolute Gasteiger partial charge is 0.255 e. The summed E-state index contributed by atoms with van der Waals surface area (Å²) < 4.78 is 5.41. The lowest BCUT2D eigenvalue weighted by molar-refractivity contribution is -0.126. The van der Waals surface area contributed by atoms with Gasteiger partial charge in [-0.25, -0.2) is 0 Å². The van der Waals surface area contributed by atoms with Gasteiger partial charge in [0.15, 0.2) is 0 Å². The standard InChI is InChI=1S/C21H24N2O3/c1-4-14(2)22-20(24)19-16-10-6-7-11-17(16)21(25)23(19)13-15-9-5-8-12-18(15)26-3/h5-12,14,19H,4,13H2,1-3H3,(H,22,24)/t14-,19-/m1/s1. The molecule has 3 rings (SSSR count). The van der Waals surface area contributed by atoms with Crippen LogP contribution in [-0.4, -0.2) is 29.9 Å². The fourth-order valence-electron chi connectivity index (χ4n) is 3.26. The largest absolute Gasteiger partial charge is 0.496 e. The van der Waals surface area contributed by atoms with Crippen molar-refractivity contribution < 1.29 is 14.3 Å². The third-order valence-corrected chi connectivity index (χ3v) is 4.84. The summed E-state index contributed by atoms with van der Waals surface area (Å²) in [5, 5.41) is 3.01. The summed E-state index contributed by atoms with van der Waals surface area (Å²) >= 11 is 0. The maximum Gasteiger partial charge on any atom is 0.255 e. The molecule has 0 bridgehead atoms. The topological polar surface area (TPSA) is 58.6 Å². The Hall–Kier alpha value is -2.82. The average Bonchev–Trinajstić information content (AvgIpc) is 2.94. The highest BCUT2D eigenvalue weighted by molar-refractivity contribution is 6.04. The number of nitrogens with one attached hydrogen (secondary N) is 1. The Balaban J connectivity index is 1.96. The molecule has 0 aromatic heterocycles. The van der Waals surface area contributed by atoms with Crippen LogP contribution in [0, 0.1) is 0 Å². The minimum absolute atomic E-state index is 0.0541. The van der Waals surface area contributed by atoms with Gasteiger partial charge >= 0.3 is 0 Å². The molecule has 0 spiro atoms. The molecule has 1 aliphatic rings. The molecule has 2 aromatic carbocycles. The van der Waals surface area contributed by atoms with Crippen molar-refractivity contribution in [3.05, 3.63) is 65.2 Å². The number of amides is 2. The molecule has 26 heavy (non-hydrogen) atoms. The fraction of sp³-hybridized carbons (Fsp3) is 0.333. The zero-order valence-electron chi connectivity index (χ0n) is 15.4. The molecule has 5 heteroatoms. The summed E-state index contributed by atoms with van der Waals surface area (Å²) in [5.74, 6) is 0.431. The van der Waals surface area contributed by atoms with Crippen LogP contribution < -0.4 is 10.1 Å². The zero-order chi connectivity index (χ0) is 18.7. The number of hydrogen-bond acceptors (Lipinski definition) is 3. The molecular formula is C21H24N2O3. The second-order valence-electron chi connectivity index (χ2n) is 6.55. The first-order valence-corrected chi connectivity index (χ1v) is 8.89. The Labute approximate surface area is 154 Å². The van der Waals surface area contributed by atoms with Crippen molar-refractivity contribution in [2.45, 2.75) is 38.9 Å². The van der Waals surface area contributed by atoms with Gasteiger partial charge in [0, 0.05) is 17.2 Å². The first kappa shape index (κ1) is 18.0. The molecule has 2 atom stereocenters. The molecule has 0 radical (unpaired) electrons. The first-order chi connectivity index (χ1) is 12.6. The molecule has 1 N–H and O–H groups in total. The van der Waals surface area contributed by atoms with Gasteiger partial charge in [-0.2, -0.15) is 0 Å². The second kappa shape index (κ2) is 7.60. The number of carbonyl (C=O) groups excluding carboxylic acids is 2. The predicted octanol–water partition coefficient (Wildman–Crippen LogP) is 3.31. The highest BCUT2D eigenvalue weighted by Gasteiger charge is 2.41. The first-order valence-electron chi connectivity index (χ1n) is 8.89. The third kappa shape index (κ3) is 3.29. The Morgan fingerprint density at radius 2 is 1.88 bits per heavy atom. The van der Waals surface area contributed by atoms with Crippen molar-refractivity contribution in [1.29, 1.82) is 0 Å². The lowest BCUT2D eigenvalue weighted by Gasteiger charge is -2.26. The maximum absolute atomic E-state index is 13.0. The van der Waals surface area contributed by atoms with Crippen molar-refractivity contribution >= 4 is 11.8 Å². The van der Waals surface area contributed by atoms with E-state index in [4.69, 9.17) is 4.74 Å². The lowest BCUT2D eigenvalue weighted by atomic mass is 10.0. The Morgan fingerprint density at radius 1 is 1.19 bits per heavy atom. The van der Waals surface area contributed by atoms with Crippen molar-refractivity contribution in [2.24, 2.45) is 0 Å². The molecule has 0 saturated heterocycles. The summed E-state index contributed by atoms with van der Waals surface area (Å²) in [7, 11) is 1.60. The van der Waals surface area contributed by atoms with Gasteiger partial charge in [0.05, 0.1) is 13.7 Å². The van der Waals surface area contributed by atoms with Crippen LogP contribution in [0.4, 0.5) is 0 Å². The van der Waals surface area contributed by atoms with E-state index in [9.17, 15) is 9.59 Å². The van der Waals surface area contributed by atoms with Gasteiger partial charge in [-0.05, 0) is 31.0 Å². The van der Waals surface area contributed by atoms with Gasteiger partial charge in [0.25, 0.3) is 5.91 Å². The molecule has 2 amide bonds. The molecule has 0 saturated carbocycles. The fourth-order valence-corrected chi connectivity index (χ4v) is 3.26. The van der Waals surface area contributed by atoms with Gasteiger partial charge in [0.1, 0.15) is 11.8 Å². The van der Waals surface area contributed by atoms with Gasteiger partial charge in [0.2, 0.25) is 5.91 Å². The number of carbonyl (C=O) groups is 2. The number of methoxy groups -OCH3 is 1. The number of rotatable bonds is 6. The van der Waals surface area contributed by atoms with E-state index in [1.54, 1.807) is 18.1 Å². The maximum atomic E-state index is 13.0. The van der Waals surface area contributed by atoms with E-state index in [-0.39, 0.29) is 17.9 Å². The minimum atomic E-state index is -0.627. The molecular weight excluding hydrogens is 328 g/mol. The van der Waals surface area contributed by atoms with Crippen LogP contribution in [0.2, 0.25) is 0 Å². The number of hydrogen-bond donors (Lipinski definition) is 1. The van der Waals surface area contributed by atoms with Gasteiger partial charge in [-0.1, -0.05) is 43.3 Å². The molecule has 0 fully saturated rings. The Morgan fingerprint density at radius 3 is 2.62 bits per heavy atom. The Kier molecular flexibility index (Phi) is 5.26. The van der Waals surface area contributed by atoms with Crippen molar-refractivity contribution in [1.82, 2.24) is 10.2 Å². The summed E-state index contributed by atoms with van der Waals surface area (Å²) in [6.07, 6.45) is 0.834. The van der Waals surface area contributed by atoms with E-state index in [1.165, 1.54) is 0 Å². The SMILES string of the molecule is CC[C@@H](C)NC(=O)[C@H]1c2ccccc2C(=O)N1Cc1ccccc1OC. The quantitative estimate of drug-likeness (QED) is 0.868. The van der Waals surface area contributed by atoms with Gasteiger partial charge in [-0.15, -0.1) is 0 Å². The highest BCUT2D eigenvalue weighted by atomic mass is 16.5. The summed E-state index contributed by atoms with van der Waals surface area (Å²) in [4.78, 5) is 27.5. The third-order valence-electron chi connectivity index (χ3n) is 4.84. The van der Waals surface area contributed by atoms with Crippen LogP contribution in [-0.2, 0) is 11.3 Å². The summed E-state index contributed by atoms with van der Waals surface area (Å²) in [6.45, 7) is 4.30. The van der Waals surface area contributed by atoms with Crippen LogP contribution in [0.1, 0.15) is 47.8 Å². The van der Waals surface area contributed by atoms with Crippen LogP contribution in [0.15, 0.2) is 48.5 Å². The molecule has 1 heterocycles. The number of benzene rings is 2. The summed E-state index contributed by atoms with van der Waals surface area (Å²) in [6, 6.07) is 14.3. The van der Waals surface area contributed by atoms with Crippen LogP contribution in [0.5, 0.6) is 5.75 Å². The van der Waals surface area contributed by atoms with E-state index in [1.807, 2.05) is 56.3 Å². The van der Waals surface area contributed by atoms with Crippen molar-refractivity contribution in [2.75, 3.05) is 7.11 Å². The zero-order valence-corrected chi connectivity index (χ0v) is 15.4. The van der Waals surface area contributed by atoms with Crippen LogP contribution in [0.25, 0.3) is 0 Å². The van der Waals surface area contributed by atoms with E-state index in [2.05, 4.69) is 5.32 Å². The van der Waals surface area contributed by atoms with Crippen molar-refractivity contribution in [3.63, 3.8) is 0 Å². The van der Waals surface area contributed by atoms with Crippen molar-refractivity contribution in [3.8, 4) is 5.75 Å². The second-order valence-corrected chi connectivity index (χ2v) is 6.55. The molecule has 0 unspecified atom stereocenters. The molecule has 2 aromatic rings. The van der Waals surface area contributed by atoms with Crippen LogP contribution in [0.3, 0.4) is 0 Å². The number of nitrogens with zero attached hydrogens (tertiary/aromatic N) is 1. The molecule has 136 valence electrons. The molecule has 5 nitrogen and oxygen atoms in total. The number of fused-ring (bicyclic) bond motifs is 1. The van der Waals surface area contributed by atoms with Crippen LogP contribution >= 0.6 is 0 Å².